The molecular formula is C25H25N5O5. The van der Waals surface area contributed by atoms with E-state index in [4.69, 9.17) is 19.2 Å². The zero-order valence-corrected chi connectivity index (χ0v) is 20.1. The molecule has 0 saturated heterocycles. The first kappa shape index (κ1) is 22.3. The van der Waals surface area contributed by atoms with Gasteiger partial charge in [-0.1, -0.05) is 0 Å². The Hall–Kier alpha value is -4.47. The summed E-state index contributed by atoms with van der Waals surface area (Å²) in [6, 6.07) is 13.1. The van der Waals surface area contributed by atoms with Gasteiger partial charge in [0, 0.05) is 37.6 Å². The summed E-state index contributed by atoms with van der Waals surface area (Å²) in [5, 5.41) is 0. The Balaban J connectivity index is 1.89. The second kappa shape index (κ2) is 8.39. The first-order valence-corrected chi connectivity index (χ1v) is 11.0. The molecule has 0 amide bonds. The van der Waals surface area contributed by atoms with Crippen LogP contribution < -0.4 is 25.5 Å². The van der Waals surface area contributed by atoms with E-state index < -0.39 is 11.2 Å². The number of imidazole rings is 2. The molecular weight excluding hydrogens is 450 g/mol. The molecule has 35 heavy (non-hydrogen) atoms. The van der Waals surface area contributed by atoms with Crippen LogP contribution in [0.2, 0.25) is 0 Å². The Morgan fingerprint density at radius 1 is 0.914 bits per heavy atom. The van der Waals surface area contributed by atoms with Crippen LogP contribution in [0.4, 0.5) is 0 Å². The SMILES string of the molecule is CCOc1ccc(-n2c(-c3ccc(OC)cc3OC)cn3c4c(=O)n(C)c(=O)n(C)c4nc23)cc1. The van der Waals surface area contributed by atoms with Crippen molar-refractivity contribution in [3.05, 3.63) is 69.5 Å². The Bertz CT molecular complexity index is 1690. The van der Waals surface area contributed by atoms with E-state index in [-0.39, 0.29) is 0 Å². The van der Waals surface area contributed by atoms with Gasteiger partial charge in [0.15, 0.2) is 11.2 Å². The predicted molar refractivity (Wildman–Crippen MR) is 132 cm³/mol. The smallest absolute Gasteiger partial charge is 0.332 e. The Kier molecular flexibility index (Phi) is 5.35. The van der Waals surface area contributed by atoms with Gasteiger partial charge in [-0.25, -0.2) is 4.79 Å². The van der Waals surface area contributed by atoms with E-state index in [1.54, 1.807) is 31.7 Å². The standard InChI is InChI=1S/C25H25N5O5/c1-6-35-16-9-7-15(8-10-16)30-19(18-12-11-17(33-4)13-20(18)34-5)14-29-21-22(26-24(29)30)27(2)25(32)28(3)23(21)31/h7-14H,6H2,1-5H3. The van der Waals surface area contributed by atoms with Crippen LogP contribution in [0.5, 0.6) is 17.2 Å². The van der Waals surface area contributed by atoms with Gasteiger partial charge in [-0.05, 0) is 43.3 Å². The molecule has 0 saturated carbocycles. The van der Waals surface area contributed by atoms with Crippen molar-refractivity contribution in [2.45, 2.75) is 6.92 Å². The van der Waals surface area contributed by atoms with Crippen LogP contribution in [-0.2, 0) is 14.1 Å². The fraction of sp³-hybridized carbons (Fsp3) is 0.240. The quantitative estimate of drug-likeness (QED) is 0.375. The molecule has 5 aromatic rings. The van der Waals surface area contributed by atoms with Gasteiger partial charge in [-0.3, -0.25) is 22.9 Å². The summed E-state index contributed by atoms with van der Waals surface area (Å²) in [6.07, 6.45) is 1.83. The van der Waals surface area contributed by atoms with Gasteiger partial charge in [0.05, 0.1) is 26.5 Å². The summed E-state index contributed by atoms with van der Waals surface area (Å²) in [4.78, 5) is 30.4. The molecule has 0 fully saturated rings. The van der Waals surface area contributed by atoms with Gasteiger partial charge in [0.1, 0.15) is 17.2 Å². The van der Waals surface area contributed by atoms with E-state index in [2.05, 4.69) is 0 Å². The molecule has 0 radical (unpaired) electrons. The van der Waals surface area contributed by atoms with Crippen molar-refractivity contribution >= 4 is 16.9 Å². The minimum absolute atomic E-state index is 0.307. The summed E-state index contributed by atoms with van der Waals surface area (Å²) < 4.78 is 22.7. The molecule has 0 spiro atoms. The molecule has 180 valence electrons. The Morgan fingerprint density at radius 2 is 1.63 bits per heavy atom. The van der Waals surface area contributed by atoms with Crippen LogP contribution in [0, 0.1) is 0 Å². The molecule has 2 aromatic carbocycles. The second-order valence-electron chi connectivity index (χ2n) is 8.00. The lowest BCUT2D eigenvalue weighted by molar-refractivity contribution is 0.340. The highest BCUT2D eigenvalue weighted by molar-refractivity contribution is 5.81. The highest BCUT2D eigenvalue weighted by Crippen LogP contribution is 2.37. The number of aromatic nitrogens is 5. The summed E-state index contributed by atoms with van der Waals surface area (Å²) in [6.45, 7) is 2.49. The van der Waals surface area contributed by atoms with Crippen molar-refractivity contribution in [3.63, 3.8) is 0 Å². The number of rotatable bonds is 6. The zero-order valence-electron chi connectivity index (χ0n) is 20.1. The van der Waals surface area contributed by atoms with E-state index in [9.17, 15) is 9.59 Å². The minimum atomic E-state index is -0.437. The van der Waals surface area contributed by atoms with Gasteiger partial charge in [0.25, 0.3) is 5.56 Å². The van der Waals surface area contributed by atoms with Crippen molar-refractivity contribution < 1.29 is 14.2 Å². The van der Waals surface area contributed by atoms with Crippen molar-refractivity contribution in [2.24, 2.45) is 14.1 Å². The fourth-order valence-electron chi connectivity index (χ4n) is 4.28. The maximum absolute atomic E-state index is 13.1. The lowest BCUT2D eigenvalue weighted by Gasteiger charge is -2.14. The van der Waals surface area contributed by atoms with E-state index in [1.807, 2.05) is 54.1 Å². The number of ether oxygens (including phenoxy) is 3. The highest BCUT2D eigenvalue weighted by Gasteiger charge is 2.23. The van der Waals surface area contributed by atoms with Gasteiger partial charge >= 0.3 is 5.69 Å². The lowest BCUT2D eigenvalue weighted by atomic mass is 10.1. The summed E-state index contributed by atoms with van der Waals surface area (Å²) in [5.41, 5.74) is 2.08. The molecule has 10 heteroatoms. The molecule has 3 aromatic heterocycles. The zero-order chi connectivity index (χ0) is 24.9. The van der Waals surface area contributed by atoms with Crippen LogP contribution in [-0.4, -0.2) is 43.9 Å². The fourth-order valence-corrected chi connectivity index (χ4v) is 4.28. The van der Waals surface area contributed by atoms with Crippen LogP contribution in [0.25, 0.3) is 33.9 Å². The third-order valence-electron chi connectivity index (χ3n) is 6.06. The number of nitrogens with zero attached hydrogens (tertiary/aromatic N) is 5. The molecule has 0 aliphatic rings. The van der Waals surface area contributed by atoms with Crippen LogP contribution >= 0.6 is 0 Å². The molecule has 0 bridgehead atoms. The third kappa shape index (κ3) is 3.37. The number of fused-ring (bicyclic) bond motifs is 3. The van der Waals surface area contributed by atoms with Gasteiger partial charge in [0.2, 0.25) is 5.78 Å². The first-order chi connectivity index (χ1) is 16.9. The van der Waals surface area contributed by atoms with Crippen molar-refractivity contribution in [3.8, 4) is 34.2 Å². The van der Waals surface area contributed by atoms with E-state index in [1.165, 1.54) is 11.6 Å². The van der Waals surface area contributed by atoms with Gasteiger partial charge < -0.3 is 14.2 Å². The maximum atomic E-state index is 13.1. The molecule has 3 heterocycles. The minimum Gasteiger partial charge on any atom is -0.497 e. The van der Waals surface area contributed by atoms with Crippen LogP contribution in [0.3, 0.4) is 0 Å². The molecule has 10 nitrogen and oxygen atoms in total. The highest BCUT2D eigenvalue weighted by atomic mass is 16.5. The Labute approximate surface area is 200 Å². The molecule has 0 aliphatic heterocycles. The number of hydrogen-bond donors (Lipinski definition) is 0. The van der Waals surface area contributed by atoms with Gasteiger partial charge in [-0.15, -0.1) is 0 Å². The van der Waals surface area contributed by atoms with Crippen molar-refractivity contribution in [2.75, 3.05) is 20.8 Å². The van der Waals surface area contributed by atoms with Gasteiger partial charge in [-0.2, -0.15) is 4.98 Å². The van der Waals surface area contributed by atoms with Crippen LogP contribution in [0.1, 0.15) is 6.92 Å². The molecule has 0 aliphatic carbocycles. The largest absolute Gasteiger partial charge is 0.497 e. The van der Waals surface area contributed by atoms with Crippen molar-refractivity contribution in [1.82, 2.24) is 23.1 Å². The first-order valence-electron chi connectivity index (χ1n) is 11.0. The molecule has 5 rings (SSSR count). The normalized spacial score (nSPS) is 11.3. The Morgan fingerprint density at radius 3 is 2.29 bits per heavy atom. The maximum Gasteiger partial charge on any atom is 0.332 e. The summed E-state index contributed by atoms with van der Waals surface area (Å²) in [7, 11) is 6.25. The molecule has 0 unspecified atom stereocenters. The predicted octanol–water partition coefficient (Wildman–Crippen LogP) is 2.76. The number of benzene rings is 2. The van der Waals surface area contributed by atoms with E-state index >= 15 is 0 Å². The summed E-state index contributed by atoms with van der Waals surface area (Å²) >= 11 is 0. The summed E-state index contributed by atoms with van der Waals surface area (Å²) in [5.74, 6) is 2.48. The molecule has 0 N–H and O–H groups in total. The number of hydrogen-bond acceptors (Lipinski definition) is 6. The number of aryl methyl sites for hydroxylation is 1. The second-order valence-corrected chi connectivity index (χ2v) is 8.00. The monoisotopic (exact) mass is 475 g/mol. The topological polar surface area (TPSA) is 93.9 Å². The van der Waals surface area contributed by atoms with E-state index in [0.717, 1.165) is 27.3 Å². The third-order valence-corrected chi connectivity index (χ3v) is 6.06. The van der Waals surface area contributed by atoms with Crippen LogP contribution in [0.15, 0.2) is 58.3 Å². The number of methoxy groups -OCH3 is 2. The average molecular weight is 476 g/mol. The lowest BCUT2D eigenvalue weighted by Crippen LogP contribution is -2.37. The molecule has 0 atom stereocenters. The van der Waals surface area contributed by atoms with E-state index in [0.29, 0.717) is 35.0 Å². The average Bonchev–Trinajstić information content (AvgIpc) is 3.43. The van der Waals surface area contributed by atoms with Crippen molar-refractivity contribution in [1.29, 1.82) is 0 Å².